The molecule has 1 amide bonds. The number of hydrogen-bond acceptors (Lipinski definition) is 5. The lowest BCUT2D eigenvalue weighted by Gasteiger charge is -2.29. The van der Waals surface area contributed by atoms with E-state index in [9.17, 15) is 14.0 Å². The molecule has 0 radical (unpaired) electrons. The van der Waals surface area contributed by atoms with Crippen molar-refractivity contribution in [3.8, 4) is 0 Å². The molecule has 3 rings (SSSR count). The van der Waals surface area contributed by atoms with E-state index in [0.717, 1.165) is 25.7 Å². The van der Waals surface area contributed by atoms with Gasteiger partial charge < -0.3 is 11.1 Å². The average molecular weight is 411 g/mol. The Hall–Kier alpha value is -2.26. The third-order valence-corrected chi connectivity index (χ3v) is 5.66. The summed E-state index contributed by atoms with van der Waals surface area (Å²) in [6.45, 7) is 3.85. The lowest BCUT2D eigenvalue weighted by Crippen LogP contribution is -2.43. The highest BCUT2D eigenvalue weighted by Crippen LogP contribution is 2.30. The van der Waals surface area contributed by atoms with Gasteiger partial charge in [0, 0.05) is 5.56 Å². The van der Waals surface area contributed by atoms with Crippen LogP contribution in [0.15, 0.2) is 17.1 Å². The number of hydrogen-bond donors (Lipinski definition) is 3. The predicted octanol–water partition coefficient (Wildman–Crippen LogP) is 2.46. The van der Waals surface area contributed by atoms with E-state index < -0.39 is 29.5 Å². The molecule has 152 valence electrons. The van der Waals surface area contributed by atoms with E-state index in [1.165, 1.54) is 16.9 Å². The van der Waals surface area contributed by atoms with Crippen LogP contribution >= 0.6 is 11.6 Å². The summed E-state index contributed by atoms with van der Waals surface area (Å²) in [5.41, 5.74) is 5.84. The highest BCUT2D eigenvalue weighted by Gasteiger charge is 2.29. The highest BCUT2D eigenvalue weighted by molar-refractivity contribution is 6.29. The van der Waals surface area contributed by atoms with Gasteiger partial charge in [-0.3, -0.25) is 14.3 Å². The van der Waals surface area contributed by atoms with Crippen molar-refractivity contribution < 1.29 is 9.18 Å². The van der Waals surface area contributed by atoms with Gasteiger partial charge in [0.05, 0.1) is 18.3 Å². The topological polar surface area (TPSA) is 119 Å². The molecule has 4 N–H and O–H groups in total. The number of nitrogens with zero attached hydrogens (tertiary/aromatic N) is 3. The number of amides is 1. The number of halogens is 2. The first-order valence-electron chi connectivity index (χ1n) is 9.32. The molecule has 1 aliphatic rings. The minimum absolute atomic E-state index is 0.0759. The first-order valence-corrected chi connectivity index (χ1v) is 9.70. The number of carbonyl (C=O) groups excluding carboxylic acids is 1. The maximum atomic E-state index is 14.3. The van der Waals surface area contributed by atoms with Crippen LogP contribution < -0.4 is 16.6 Å². The monoisotopic (exact) mass is 410 g/mol. The summed E-state index contributed by atoms with van der Waals surface area (Å²) >= 11 is 5.82. The zero-order valence-corrected chi connectivity index (χ0v) is 16.5. The summed E-state index contributed by atoms with van der Waals surface area (Å²) in [4.78, 5) is 24.4. The molecule has 10 heteroatoms. The number of anilines is 1. The Morgan fingerprint density at radius 3 is 2.79 bits per heavy atom. The number of aromatic amines is 1. The second-order valence-corrected chi connectivity index (χ2v) is 7.89. The minimum Gasteiger partial charge on any atom is -0.320 e. The molecule has 2 atom stereocenters. The van der Waals surface area contributed by atoms with Crippen molar-refractivity contribution in [1.82, 2.24) is 20.0 Å². The maximum absolute atomic E-state index is 14.3. The van der Waals surface area contributed by atoms with Crippen molar-refractivity contribution in [3.05, 3.63) is 39.3 Å². The minimum atomic E-state index is -0.846. The fourth-order valence-corrected chi connectivity index (χ4v) is 3.73. The summed E-state index contributed by atoms with van der Waals surface area (Å²) in [6.07, 6.45) is 5.19. The molecular formula is C18H24ClFN6O2. The van der Waals surface area contributed by atoms with Crippen LogP contribution in [-0.4, -0.2) is 31.9 Å². The van der Waals surface area contributed by atoms with Gasteiger partial charge in [-0.15, -0.1) is 5.10 Å². The summed E-state index contributed by atoms with van der Waals surface area (Å²) in [5.74, 6) is -0.545. The Morgan fingerprint density at radius 2 is 2.11 bits per heavy atom. The van der Waals surface area contributed by atoms with Gasteiger partial charge >= 0.3 is 0 Å². The van der Waals surface area contributed by atoms with Crippen LogP contribution in [0.2, 0.25) is 5.15 Å². The van der Waals surface area contributed by atoms with E-state index >= 15 is 0 Å². The third-order valence-electron chi connectivity index (χ3n) is 5.46. The molecule has 0 unspecified atom stereocenters. The van der Waals surface area contributed by atoms with Crippen LogP contribution in [-0.2, 0) is 4.79 Å². The second-order valence-electron chi connectivity index (χ2n) is 7.50. The standard InChI is InChI=1S/C18H24ClFN6O2/c1-9-3-5-11(6-4-9)15(21)18(28)22-13-8-26(25-16(13)20)10(2)12-7-14(19)23-24-17(12)27/h7-11,15H,3-6,21H2,1-2H3,(H,22,28)(H,24,27)/t9-,10-,11-,15-/m0/s1. The molecule has 0 saturated heterocycles. The van der Waals surface area contributed by atoms with Crippen molar-refractivity contribution in [3.63, 3.8) is 0 Å². The van der Waals surface area contributed by atoms with Crippen LogP contribution in [0.3, 0.4) is 0 Å². The Labute approximate surface area is 166 Å². The number of nitrogens with one attached hydrogen (secondary N) is 2. The molecule has 0 aliphatic heterocycles. The van der Waals surface area contributed by atoms with Crippen LogP contribution in [0.1, 0.15) is 51.1 Å². The van der Waals surface area contributed by atoms with E-state index in [2.05, 4.69) is 27.5 Å². The molecule has 0 aromatic carbocycles. The quantitative estimate of drug-likeness (QED) is 0.699. The van der Waals surface area contributed by atoms with Gasteiger partial charge in [-0.05, 0) is 37.7 Å². The molecule has 8 nitrogen and oxygen atoms in total. The van der Waals surface area contributed by atoms with Gasteiger partial charge in [0.15, 0.2) is 0 Å². The smallest absolute Gasteiger partial charge is 0.269 e. The fourth-order valence-electron chi connectivity index (χ4n) is 3.57. The zero-order valence-electron chi connectivity index (χ0n) is 15.8. The second kappa shape index (κ2) is 8.40. The van der Waals surface area contributed by atoms with Gasteiger partial charge in [0.25, 0.3) is 11.5 Å². The van der Waals surface area contributed by atoms with E-state index in [4.69, 9.17) is 17.3 Å². The Balaban J connectivity index is 1.72. The summed E-state index contributed by atoms with van der Waals surface area (Å²) < 4.78 is 15.5. The number of aromatic nitrogens is 4. The lowest BCUT2D eigenvalue weighted by atomic mass is 9.79. The zero-order chi connectivity index (χ0) is 20.4. The lowest BCUT2D eigenvalue weighted by molar-refractivity contribution is -0.118. The highest BCUT2D eigenvalue weighted by atomic mass is 35.5. The van der Waals surface area contributed by atoms with Crippen LogP contribution in [0, 0.1) is 17.8 Å². The molecule has 1 fully saturated rings. The van der Waals surface area contributed by atoms with Crippen molar-refractivity contribution in [2.45, 2.75) is 51.6 Å². The predicted molar refractivity (Wildman–Crippen MR) is 104 cm³/mol. The maximum Gasteiger partial charge on any atom is 0.269 e. The van der Waals surface area contributed by atoms with Gasteiger partial charge in [-0.2, -0.15) is 9.49 Å². The number of carbonyl (C=O) groups is 1. The molecule has 28 heavy (non-hydrogen) atoms. The first kappa shape index (κ1) is 20.5. The molecule has 1 saturated carbocycles. The van der Waals surface area contributed by atoms with E-state index in [0.29, 0.717) is 5.92 Å². The molecule has 2 aromatic rings. The number of H-pyrrole nitrogens is 1. The average Bonchev–Trinajstić information content (AvgIpc) is 3.03. The number of nitrogens with two attached hydrogens (primary N) is 1. The summed E-state index contributed by atoms with van der Waals surface area (Å²) in [7, 11) is 0. The largest absolute Gasteiger partial charge is 0.320 e. The molecule has 0 spiro atoms. The van der Waals surface area contributed by atoms with E-state index in [1.807, 2.05) is 0 Å². The Morgan fingerprint density at radius 1 is 1.43 bits per heavy atom. The summed E-state index contributed by atoms with van der Waals surface area (Å²) in [6, 6.07) is 0.0792. The van der Waals surface area contributed by atoms with Gasteiger partial charge in [0.1, 0.15) is 10.8 Å². The SMILES string of the molecule is C[C@@H](c1cc(Cl)n[nH]c1=O)n1cc(NC(=O)[C@@H](N)[C@H]2CC[C@H](C)CC2)c(F)n1. The van der Waals surface area contributed by atoms with Gasteiger partial charge in [-0.25, -0.2) is 5.10 Å². The molecule has 0 bridgehead atoms. The molecule has 2 heterocycles. The van der Waals surface area contributed by atoms with E-state index in [1.54, 1.807) is 6.92 Å². The Kier molecular flexibility index (Phi) is 6.14. The molecule has 1 aliphatic carbocycles. The first-order chi connectivity index (χ1) is 13.3. The molecular weight excluding hydrogens is 387 g/mol. The third kappa shape index (κ3) is 4.41. The summed E-state index contributed by atoms with van der Waals surface area (Å²) in [5, 5.41) is 12.3. The van der Waals surface area contributed by atoms with Crippen molar-refractivity contribution in [2.24, 2.45) is 17.6 Å². The van der Waals surface area contributed by atoms with Gasteiger partial charge in [-0.1, -0.05) is 31.4 Å². The van der Waals surface area contributed by atoms with Crippen LogP contribution in [0.4, 0.5) is 10.1 Å². The Bertz CT molecular complexity index is 906. The van der Waals surface area contributed by atoms with E-state index in [-0.39, 0.29) is 22.3 Å². The molecule has 2 aromatic heterocycles. The van der Waals surface area contributed by atoms with Crippen molar-refractivity contribution in [2.75, 3.05) is 5.32 Å². The number of rotatable bonds is 5. The van der Waals surface area contributed by atoms with Crippen molar-refractivity contribution >= 4 is 23.2 Å². The fraction of sp³-hybridized carbons (Fsp3) is 0.556. The normalized spacial score (nSPS) is 21.9. The van der Waals surface area contributed by atoms with Crippen LogP contribution in [0.5, 0.6) is 0 Å². The van der Waals surface area contributed by atoms with Crippen molar-refractivity contribution in [1.29, 1.82) is 0 Å². The van der Waals surface area contributed by atoms with Crippen LogP contribution in [0.25, 0.3) is 0 Å². The van der Waals surface area contributed by atoms with Gasteiger partial charge in [0.2, 0.25) is 5.91 Å².